The van der Waals surface area contributed by atoms with E-state index < -0.39 is 0 Å². The molecular weight excluding hydrogens is 220 g/mol. The molecule has 1 aromatic heterocycles. The van der Waals surface area contributed by atoms with Crippen molar-refractivity contribution in [2.75, 3.05) is 0 Å². The molecule has 90 valence electrons. The molecule has 0 fully saturated rings. The summed E-state index contributed by atoms with van der Waals surface area (Å²) < 4.78 is 0. The minimum atomic E-state index is 0.947. The quantitative estimate of drug-likeness (QED) is 0.675. The van der Waals surface area contributed by atoms with Gasteiger partial charge in [-0.3, -0.25) is 0 Å². The van der Waals surface area contributed by atoms with Gasteiger partial charge in [-0.15, -0.1) is 0 Å². The Bertz CT molecular complexity index is 703. The van der Waals surface area contributed by atoms with Crippen molar-refractivity contribution in [1.29, 1.82) is 0 Å². The lowest BCUT2D eigenvalue weighted by molar-refractivity contribution is 1.30. The van der Waals surface area contributed by atoms with Crippen LogP contribution in [0.4, 0.5) is 0 Å². The smallest absolute Gasteiger partial charge is 0.138 e. The van der Waals surface area contributed by atoms with E-state index in [1.54, 1.807) is 0 Å². The Labute approximate surface area is 107 Å². The molecule has 2 nitrogen and oxygen atoms in total. The average Bonchev–Trinajstić information content (AvgIpc) is 2.70. The van der Waals surface area contributed by atoms with E-state index >= 15 is 0 Å². The molecule has 2 aromatic carbocycles. The van der Waals surface area contributed by atoms with Gasteiger partial charge in [-0.2, -0.15) is 0 Å². The van der Waals surface area contributed by atoms with E-state index in [0.29, 0.717) is 0 Å². The zero-order valence-electron chi connectivity index (χ0n) is 10.9. The summed E-state index contributed by atoms with van der Waals surface area (Å²) in [4.78, 5) is 8.05. The van der Waals surface area contributed by atoms with E-state index in [0.717, 1.165) is 22.4 Å². The third kappa shape index (κ3) is 1.90. The normalized spacial score (nSPS) is 11.1. The zero-order chi connectivity index (χ0) is 12.7. The van der Waals surface area contributed by atoms with Crippen LogP contribution in [0.2, 0.25) is 0 Å². The average molecular weight is 236 g/mol. The van der Waals surface area contributed by atoms with E-state index in [2.05, 4.69) is 67.1 Å². The number of fused-ring (bicyclic) bond motifs is 1. The van der Waals surface area contributed by atoms with Crippen LogP contribution >= 0.6 is 0 Å². The van der Waals surface area contributed by atoms with E-state index in [1.807, 2.05) is 0 Å². The topological polar surface area (TPSA) is 28.7 Å². The molecule has 0 saturated carbocycles. The van der Waals surface area contributed by atoms with Gasteiger partial charge < -0.3 is 4.98 Å². The van der Waals surface area contributed by atoms with Crippen LogP contribution in [0.5, 0.6) is 0 Å². The molecule has 0 aliphatic rings. The summed E-state index contributed by atoms with van der Waals surface area (Å²) in [7, 11) is 0. The van der Waals surface area contributed by atoms with Crippen molar-refractivity contribution >= 4 is 11.0 Å². The summed E-state index contributed by atoms with van der Waals surface area (Å²) in [5.41, 5.74) is 7.06. The van der Waals surface area contributed by atoms with Crippen LogP contribution in [0.1, 0.15) is 16.7 Å². The highest BCUT2D eigenvalue weighted by Crippen LogP contribution is 2.23. The number of benzene rings is 2. The fourth-order valence-corrected chi connectivity index (χ4v) is 2.37. The molecule has 0 aliphatic carbocycles. The standard InChI is InChI=1S/C16H16N2/c1-10-4-5-14-15(9-10)18-16(17-14)13-7-11(2)6-12(3)8-13/h4-9H,1-3H3,(H,17,18). The van der Waals surface area contributed by atoms with Gasteiger partial charge >= 0.3 is 0 Å². The second kappa shape index (κ2) is 3.98. The van der Waals surface area contributed by atoms with Crippen molar-refractivity contribution in [2.45, 2.75) is 20.8 Å². The van der Waals surface area contributed by atoms with E-state index in [4.69, 9.17) is 0 Å². The second-order valence-corrected chi connectivity index (χ2v) is 4.98. The Balaban J connectivity index is 2.19. The third-order valence-corrected chi connectivity index (χ3v) is 3.13. The van der Waals surface area contributed by atoms with Crippen molar-refractivity contribution < 1.29 is 0 Å². The summed E-state index contributed by atoms with van der Waals surface area (Å²) in [6, 6.07) is 12.8. The number of rotatable bonds is 1. The number of aromatic nitrogens is 2. The number of H-pyrrole nitrogens is 1. The summed E-state index contributed by atoms with van der Waals surface area (Å²) in [6.45, 7) is 6.32. The molecule has 0 atom stereocenters. The molecular formula is C16H16N2. The van der Waals surface area contributed by atoms with Gasteiger partial charge in [0.15, 0.2) is 0 Å². The fourth-order valence-electron chi connectivity index (χ4n) is 2.37. The van der Waals surface area contributed by atoms with Crippen molar-refractivity contribution in [3.05, 3.63) is 53.1 Å². The Morgan fingerprint density at radius 2 is 1.56 bits per heavy atom. The number of aryl methyl sites for hydroxylation is 3. The third-order valence-electron chi connectivity index (χ3n) is 3.13. The van der Waals surface area contributed by atoms with Crippen molar-refractivity contribution in [2.24, 2.45) is 0 Å². The predicted molar refractivity (Wildman–Crippen MR) is 75.7 cm³/mol. The lowest BCUT2D eigenvalue weighted by atomic mass is 10.1. The second-order valence-electron chi connectivity index (χ2n) is 4.98. The largest absolute Gasteiger partial charge is 0.338 e. The fraction of sp³-hybridized carbons (Fsp3) is 0.188. The number of aromatic amines is 1. The van der Waals surface area contributed by atoms with Gasteiger partial charge in [0.05, 0.1) is 11.0 Å². The van der Waals surface area contributed by atoms with Crippen molar-refractivity contribution in [1.82, 2.24) is 9.97 Å². The first-order valence-corrected chi connectivity index (χ1v) is 6.17. The molecule has 18 heavy (non-hydrogen) atoms. The van der Waals surface area contributed by atoms with Gasteiger partial charge in [0.2, 0.25) is 0 Å². The molecule has 0 radical (unpaired) electrons. The number of hydrogen-bond acceptors (Lipinski definition) is 1. The first kappa shape index (κ1) is 11.0. The highest BCUT2D eigenvalue weighted by molar-refractivity contribution is 5.80. The van der Waals surface area contributed by atoms with Crippen LogP contribution in [0, 0.1) is 20.8 Å². The SMILES string of the molecule is Cc1cc(C)cc(-c2nc3ccc(C)cc3[nH]2)c1. The van der Waals surface area contributed by atoms with Crippen molar-refractivity contribution in [3.63, 3.8) is 0 Å². The summed E-state index contributed by atoms with van der Waals surface area (Å²) in [5.74, 6) is 0.947. The van der Waals surface area contributed by atoms with Gasteiger partial charge in [0, 0.05) is 5.56 Å². The first-order valence-electron chi connectivity index (χ1n) is 6.17. The lowest BCUT2D eigenvalue weighted by Gasteiger charge is -2.01. The minimum Gasteiger partial charge on any atom is -0.338 e. The van der Waals surface area contributed by atoms with Crippen LogP contribution < -0.4 is 0 Å². The molecule has 0 saturated heterocycles. The van der Waals surface area contributed by atoms with Crippen LogP contribution in [0.25, 0.3) is 22.4 Å². The highest BCUT2D eigenvalue weighted by atomic mass is 14.9. The van der Waals surface area contributed by atoms with Crippen LogP contribution in [-0.2, 0) is 0 Å². The summed E-state index contributed by atoms with van der Waals surface area (Å²) in [5, 5.41) is 0. The highest BCUT2D eigenvalue weighted by Gasteiger charge is 2.06. The predicted octanol–water partition coefficient (Wildman–Crippen LogP) is 4.16. The van der Waals surface area contributed by atoms with E-state index in [9.17, 15) is 0 Å². The molecule has 0 amide bonds. The summed E-state index contributed by atoms with van der Waals surface area (Å²) in [6.07, 6.45) is 0. The van der Waals surface area contributed by atoms with Gasteiger partial charge in [0.25, 0.3) is 0 Å². The number of hydrogen-bond donors (Lipinski definition) is 1. The maximum Gasteiger partial charge on any atom is 0.138 e. The number of nitrogens with zero attached hydrogens (tertiary/aromatic N) is 1. The molecule has 0 aliphatic heterocycles. The van der Waals surface area contributed by atoms with Gasteiger partial charge in [0.1, 0.15) is 5.82 Å². The Hall–Kier alpha value is -2.09. The van der Waals surface area contributed by atoms with Crippen LogP contribution in [0.15, 0.2) is 36.4 Å². The van der Waals surface area contributed by atoms with E-state index in [-0.39, 0.29) is 0 Å². The molecule has 0 spiro atoms. The molecule has 3 aromatic rings. The van der Waals surface area contributed by atoms with Gasteiger partial charge in [-0.1, -0.05) is 23.3 Å². The number of imidazole rings is 1. The lowest BCUT2D eigenvalue weighted by Crippen LogP contribution is -1.84. The van der Waals surface area contributed by atoms with Crippen LogP contribution in [-0.4, -0.2) is 9.97 Å². The van der Waals surface area contributed by atoms with Crippen molar-refractivity contribution in [3.8, 4) is 11.4 Å². The monoisotopic (exact) mass is 236 g/mol. The number of nitrogens with one attached hydrogen (secondary N) is 1. The molecule has 3 rings (SSSR count). The zero-order valence-corrected chi connectivity index (χ0v) is 10.9. The maximum absolute atomic E-state index is 4.65. The molecule has 0 unspecified atom stereocenters. The Morgan fingerprint density at radius 1 is 0.833 bits per heavy atom. The van der Waals surface area contributed by atoms with Gasteiger partial charge in [-0.05, 0) is 50.6 Å². The maximum atomic E-state index is 4.65. The molecule has 1 heterocycles. The van der Waals surface area contributed by atoms with Crippen LogP contribution in [0.3, 0.4) is 0 Å². The first-order chi connectivity index (χ1) is 8.61. The molecule has 2 heteroatoms. The van der Waals surface area contributed by atoms with Gasteiger partial charge in [-0.25, -0.2) is 4.98 Å². The minimum absolute atomic E-state index is 0.947. The Kier molecular flexibility index (Phi) is 2.44. The van der Waals surface area contributed by atoms with E-state index in [1.165, 1.54) is 16.7 Å². The Morgan fingerprint density at radius 3 is 2.28 bits per heavy atom. The molecule has 1 N–H and O–H groups in total. The summed E-state index contributed by atoms with van der Waals surface area (Å²) >= 11 is 0. The molecule has 0 bridgehead atoms.